The molecule has 0 aliphatic rings. The zero-order valence-electron chi connectivity index (χ0n) is 11.1. The average Bonchev–Trinajstić information content (AvgIpc) is 2.92. The highest BCUT2D eigenvalue weighted by Gasteiger charge is 2.07. The van der Waals surface area contributed by atoms with Gasteiger partial charge in [-0.3, -0.25) is 0 Å². The lowest BCUT2D eigenvalue weighted by Crippen LogP contribution is -2.07. The van der Waals surface area contributed by atoms with Crippen molar-refractivity contribution in [2.75, 3.05) is 6.54 Å². The molecular weight excluding hydrogens is 259 g/mol. The van der Waals surface area contributed by atoms with Crippen LogP contribution in [0, 0.1) is 17.7 Å². The lowest BCUT2D eigenvalue weighted by molar-refractivity contribution is 0.273. The van der Waals surface area contributed by atoms with Crippen molar-refractivity contribution >= 4 is 0 Å². The molecule has 0 fully saturated rings. The molecule has 0 saturated carbocycles. The van der Waals surface area contributed by atoms with Crippen molar-refractivity contribution in [3.63, 3.8) is 0 Å². The van der Waals surface area contributed by atoms with Gasteiger partial charge < -0.3 is 10.5 Å². The van der Waals surface area contributed by atoms with Crippen LogP contribution in [0.3, 0.4) is 0 Å². The number of halogens is 1. The molecule has 2 aromatic rings. The Balaban J connectivity index is 2.12. The topological polar surface area (TPSA) is 66.0 Å². The summed E-state index contributed by atoms with van der Waals surface area (Å²) in [5.74, 6) is 5.89. The van der Waals surface area contributed by atoms with Crippen molar-refractivity contribution in [1.29, 1.82) is 0 Å². The van der Waals surface area contributed by atoms with Gasteiger partial charge in [0.1, 0.15) is 12.9 Å². The second-order valence-electron chi connectivity index (χ2n) is 3.93. The Labute approximate surface area is 116 Å². The van der Waals surface area contributed by atoms with Crippen LogP contribution in [0.5, 0.6) is 5.75 Å². The van der Waals surface area contributed by atoms with E-state index in [1.165, 1.54) is 12.4 Å². The van der Waals surface area contributed by atoms with Crippen molar-refractivity contribution in [1.82, 2.24) is 14.8 Å². The van der Waals surface area contributed by atoms with Gasteiger partial charge in [0.05, 0.1) is 6.54 Å². The van der Waals surface area contributed by atoms with Gasteiger partial charge in [-0.2, -0.15) is 5.10 Å². The third-order valence-electron chi connectivity index (χ3n) is 2.62. The third-order valence-corrected chi connectivity index (χ3v) is 2.62. The van der Waals surface area contributed by atoms with E-state index < -0.39 is 5.82 Å². The molecule has 0 atom stereocenters. The smallest absolute Gasteiger partial charge is 0.165 e. The SMILES string of the molecule is CCn1ncnc1COc1cc(C#CCN)ccc1F. The van der Waals surface area contributed by atoms with Gasteiger partial charge in [0.15, 0.2) is 17.4 Å². The van der Waals surface area contributed by atoms with E-state index in [9.17, 15) is 4.39 Å². The lowest BCUT2D eigenvalue weighted by Gasteiger charge is -2.08. The van der Waals surface area contributed by atoms with Crippen molar-refractivity contribution in [3.05, 3.63) is 41.7 Å². The molecule has 0 aliphatic heterocycles. The van der Waals surface area contributed by atoms with Crippen molar-refractivity contribution in [3.8, 4) is 17.6 Å². The van der Waals surface area contributed by atoms with Gasteiger partial charge in [-0.25, -0.2) is 14.1 Å². The predicted molar refractivity (Wildman–Crippen MR) is 72.4 cm³/mol. The number of aromatic nitrogens is 3. The van der Waals surface area contributed by atoms with Crippen LogP contribution in [0.25, 0.3) is 0 Å². The van der Waals surface area contributed by atoms with Gasteiger partial charge in [-0.05, 0) is 25.1 Å². The predicted octanol–water partition coefficient (Wildman–Crippen LogP) is 1.33. The van der Waals surface area contributed by atoms with E-state index in [4.69, 9.17) is 10.5 Å². The molecule has 1 aromatic carbocycles. The molecule has 20 heavy (non-hydrogen) atoms. The van der Waals surface area contributed by atoms with Crippen LogP contribution < -0.4 is 10.5 Å². The largest absolute Gasteiger partial charge is 0.483 e. The lowest BCUT2D eigenvalue weighted by atomic mass is 10.2. The molecule has 0 bridgehead atoms. The van der Waals surface area contributed by atoms with E-state index in [2.05, 4.69) is 21.9 Å². The maximum absolute atomic E-state index is 13.7. The summed E-state index contributed by atoms with van der Waals surface area (Å²) in [6.45, 7) is 3.04. The Kier molecular flexibility index (Phi) is 4.69. The molecule has 0 radical (unpaired) electrons. The molecule has 6 heteroatoms. The highest BCUT2D eigenvalue weighted by atomic mass is 19.1. The third kappa shape index (κ3) is 3.33. The van der Waals surface area contributed by atoms with Crippen LogP contribution in [-0.4, -0.2) is 21.3 Å². The molecule has 2 N–H and O–H groups in total. The normalized spacial score (nSPS) is 9.95. The van der Waals surface area contributed by atoms with Gasteiger partial charge in [0.2, 0.25) is 0 Å². The highest BCUT2D eigenvalue weighted by Crippen LogP contribution is 2.19. The van der Waals surface area contributed by atoms with Crippen LogP contribution in [-0.2, 0) is 13.2 Å². The van der Waals surface area contributed by atoms with Crippen molar-refractivity contribution < 1.29 is 9.13 Å². The Morgan fingerprint density at radius 2 is 2.30 bits per heavy atom. The molecule has 1 heterocycles. The molecule has 0 aliphatic carbocycles. The summed E-state index contributed by atoms with van der Waals surface area (Å²) in [6.07, 6.45) is 1.45. The summed E-state index contributed by atoms with van der Waals surface area (Å²) in [5, 5.41) is 4.02. The fourth-order valence-electron chi connectivity index (χ4n) is 1.65. The van der Waals surface area contributed by atoms with Gasteiger partial charge in [-0.1, -0.05) is 11.8 Å². The van der Waals surface area contributed by atoms with E-state index in [1.54, 1.807) is 16.8 Å². The number of aryl methyl sites for hydroxylation is 1. The number of nitrogens with zero attached hydrogens (tertiary/aromatic N) is 3. The first-order valence-corrected chi connectivity index (χ1v) is 6.22. The zero-order valence-corrected chi connectivity index (χ0v) is 11.1. The van der Waals surface area contributed by atoms with Crippen LogP contribution in [0.15, 0.2) is 24.5 Å². The molecule has 0 spiro atoms. The van der Waals surface area contributed by atoms with Gasteiger partial charge in [-0.15, -0.1) is 0 Å². The second kappa shape index (κ2) is 6.68. The number of rotatable bonds is 4. The Hall–Kier alpha value is -2.39. The number of hydrogen-bond acceptors (Lipinski definition) is 4. The first-order chi connectivity index (χ1) is 9.74. The molecule has 2 rings (SSSR count). The second-order valence-corrected chi connectivity index (χ2v) is 3.93. The quantitative estimate of drug-likeness (QED) is 0.854. The molecule has 0 saturated heterocycles. The summed E-state index contributed by atoms with van der Waals surface area (Å²) in [7, 11) is 0. The maximum atomic E-state index is 13.7. The minimum atomic E-state index is -0.439. The molecule has 0 unspecified atom stereocenters. The highest BCUT2D eigenvalue weighted by molar-refractivity contribution is 5.40. The van der Waals surface area contributed by atoms with E-state index in [0.29, 0.717) is 17.9 Å². The molecule has 0 amide bonds. The Morgan fingerprint density at radius 3 is 3.05 bits per heavy atom. The minimum absolute atomic E-state index is 0.138. The van der Waals surface area contributed by atoms with Gasteiger partial charge >= 0.3 is 0 Å². The average molecular weight is 274 g/mol. The van der Waals surface area contributed by atoms with Crippen LogP contribution in [0.4, 0.5) is 4.39 Å². The number of benzene rings is 1. The molecule has 5 nitrogen and oxygen atoms in total. The summed E-state index contributed by atoms with van der Waals surface area (Å²) in [4.78, 5) is 4.06. The Bertz CT molecular complexity index is 642. The standard InChI is InChI=1S/C14H15FN4O/c1-2-19-14(17-10-18-19)9-20-13-8-11(4-3-7-16)5-6-12(13)15/h5-6,8,10H,2,7,9,16H2,1H3. The van der Waals surface area contributed by atoms with Crippen molar-refractivity contribution in [2.24, 2.45) is 5.73 Å². The number of nitrogens with two attached hydrogens (primary N) is 1. The van der Waals surface area contributed by atoms with E-state index in [1.807, 2.05) is 6.92 Å². The summed E-state index contributed by atoms with van der Waals surface area (Å²) in [5.41, 5.74) is 5.96. The fourth-order valence-corrected chi connectivity index (χ4v) is 1.65. The summed E-state index contributed by atoms with van der Waals surface area (Å²) in [6, 6.07) is 4.45. The number of hydrogen-bond donors (Lipinski definition) is 1. The van der Waals surface area contributed by atoms with Gasteiger partial charge in [0, 0.05) is 12.1 Å². The zero-order chi connectivity index (χ0) is 14.4. The minimum Gasteiger partial charge on any atom is -0.483 e. The number of ether oxygens (including phenoxy) is 1. The maximum Gasteiger partial charge on any atom is 0.165 e. The first-order valence-electron chi connectivity index (χ1n) is 6.22. The van der Waals surface area contributed by atoms with Crippen molar-refractivity contribution in [2.45, 2.75) is 20.1 Å². The monoisotopic (exact) mass is 274 g/mol. The van der Waals surface area contributed by atoms with E-state index >= 15 is 0 Å². The fraction of sp³-hybridized carbons (Fsp3) is 0.286. The van der Waals surface area contributed by atoms with Crippen LogP contribution >= 0.6 is 0 Å². The molecule has 104 valence electrons. The Morgan fingerprint density at radius 1 is 1.45 bits per heavy atom. The van der Waals surface area contributed by atoms with E-state index in [-0.39, 0.29) is 18.9 Å². The molecule has 1 aromatic heterocycles. The van der Waals surface area contributed by atoms with Crippen LogP contribution in [0.1, 0.15) is 18.3 Å². The first kappa shape index (κ1) is 14.0. The summed E-state index contributed by atoms with van der Waals surface area (Å²) >= 11 is 0. The van der Waals surface area contributed by atoms with Crippen LogP contribution in [0.2, 0.25) is 0 Å². The van der Waals surface area contributed by atoms with E-state index in [0.717, 1.165) is 0 Å². The summed E-state index contributed by atoms with van der Waals surface area (Å²) < 4.78 is 20.8. The van der Waals surface area contributed by atoms with Gasteiger partial charge in [0.25, 0.3) is 0 Å². The molecular formula is C14H15FN4O.